The quantitative estimate of drug-likeness (QED) is 0.303. The molecule has 0 saturated carbocycles. The number of rotatable bonds is 13. The minimum atomic E-state index is -3.91. The summed E-state index contributed by atoms with van der Waals surface area (Å²) < 4.78 is 31.2. The first kappa shape index (κ1) is 18.7. The van der Waals surface area contributed by atoms with Crippen LogP contribution in [0.4, 0.5) is 0 Å². The molecule has 0 bridgehead atoms. The number of hydrogen-bond donors (Lipinski definition) is 1. The second-order valence-corrected chi connectivity index (χ2v) is 6.98. The normalized spacial score (nSPS) is 13.4. The van der Waals surface area contributed by atoms with Gasteiger partial charge in [0.15, 0.2) is 0 Å². The van der Waals surface area contributed by atoms with Crippen LogP contribution in [-0.4, -0.2) is 18.2 Å². The lowest BCUT2D eigenvalue weighted by molar-refractivity contribution is 0.455. The van der Waals surface area contributed by atoms with Crippen molar-refractivity contribution in [1.29, 1.82) is 0 Å². The van der Waals surface area contributed by atoms with Crippen LogP contribution in [-0.2, 0) is 10.1 Å². The average molecular weight is 290 g/mol. The second-order valence-electron chi connectivity index (χ2n) is 5.28. The first-order valence-corrected chi connectivity index (χ1v) is 9.09. The minimum Gasteiger partial charge on any atom is -0.285 e. The maximum Gasteiger partial charge on any atom is 0.268 e. The van der Waals surface area contributed by atoms with Crippen molar-refractivity contribution in [1.82, 2.24) is 0 Å². The van der Waals surface area contributed by atoms with Crippen LogP contribution < -0.4 is 0 Å². The molecule has 4 heteroatoms. The molecule has 0 rings (SSSR count). The van der Waals surface area contributed by atoms with Gasteiger partial charge in [0.2, 0.25) is 0 Å². The van der Waals surface area contributed by atoms with Gasteiger partial charge in [-0.25, -0.2) is 0 Å². The third-order valence-electron chi connectivity index (χ3n) is 3.48. The van der Waals surface area contributed by atoms with Crippen LogP contribution in [0.15, 0.2) is 12.7 Å². The molecule has 0 aromatic heterocycles. The Bertz CT molecular complexity index is 309. The summed E-state index contributed by atoms with van der Waals surface area (Å²) in [6.07, 6.45) is 13.3. The molecule has 0 radical (unpaired) electrons. The SMILES string of the molecule is C=CCC(CCCCCCCCCCC)S(=O)(=O)O. The van der Waals surface area contributed by atoms with E-state index in [4.69, 9.17) is 4.55 Å². The van der Waals surface area contributed by atoms with Gasteiger partial charge in [0.1, 0.15) is 0 Å². The van der Waals surface area contributed by atoms with Crippen LogP contribution >= 0.6 is 0 Å². The van der Waals surface area contributed by atoms with Crippen LogP contribution in [0.3, 0.4) is 0 Å². The van der Waals surface area contributed by atoms with Gasteiger partial charge in [0.05, 0.1) is 5.25 Å². The monoisotopic (exact) mass is 290 g/mol. The third kappa shape index (κ3) is 11.2. The van der Waals surface area contributed by atoms with Gasteiger partial charge < -0.3 is 0 Å². The molecule has 0 aliphatic rings. The number of unbranched alkanes of at least 4 members (excludes halogenated alkanes) is 8. The van der Waals surface area contributed by atoms with Crippen molar-refractivity contribution in [2.24, 2.45) is 0 Å². The molecule has 0 amide bonds. The average Bonchev–Trinajstić information content (AvgIpc) is 2.34. The Hall–Kier alpha value is -0.350. The van der Waals surface area contributed by atoms with Crippen molar-refractivity contribution in [3.63, 3.8) is 0 Å². The fourth-order valence-electron chi connectivity index (χ4n) is 2.26. The summed E-state index contributed by atoms with van der Waals surface area (Å²) in [5.41, 5.74) is 0. The second kappa shape index (κ2) is 11.5. The zero-order chi connectivity index (χ0) is 14.6. The van der Waals surface area contributed by atoms with Gasteiger partial charge in [-0.2, -0.15) is 8.42 Å². The molecule has 0 spiro atoms. The van der Waals surface area contributed by atoms with Gasteiger partial charge in [-0.1, -0.05) is 70.8 Å². The smallest absolute Gasteiger partial charge is 0.268 e. The maximum absolute atomic E-state index is 11.1. The van der Waals surface area contributed by atoms with E-state index in [9.17, 15) is 8.42 Å². The first-order valence-electron chi connectivity index (χ1n) is 7.59. The minimum absolute atomic E-state index is 0.343. The summed E-state index contributed by atoms with van der Waals surface area (Å²) in [5, 5.41) is -0.658. The largest absolute Gasteiger partial charge is 0.285 e. The van der Waals surface area contributed by atoms with Crippen LogP contribution in [0, 0.1) is 0 Å². The summed E-state index contributed by atoms with van der Waals surface area (Å²) in [6.45, 7) is 5.75. The highest BCUT2D eigenvalue weighted by Gasteiger charge is 2.20. The van der Waals surface area contributed by atoms with E-state index in [0.717, 1.165) is 12.8 Å². The van der Waals surface area contributed by atoms with Crippen LogP contribution in [0.1, 0.15) is 77.6 Å². The zero-order valence-corrected chi connectivity index (χ0v) is 13.1. The van der Waals surface area contributed by atoms with Crippen LogP contribution in [0.2, 0.25) is 0 Å². The molecule has 114 valence electrons. The predicted octanol–water partition coefficient (Wildman–Crippen LogP) is 4.74. The lowest BCUT2D eigenvalue weighted by Gasteiger charge is -2.11. The Morgan fingerprint density at radius 3 is 1.89 bits per heavy atom. The van der Waals surface area contributed by atoms with Crippen LogP contribution in [0.25, 0.3) is 0 Å². The Morgan fingerprint density at radius 1 is 1.00 bits per heavy atom. The molecule has 0 aromatic rings. The molecule has 19 heavy (non-hydrogen) atoms. The highest BCUT2D eigenvalue weighted by molar-refractivity contribution is 7.86. The Labute approximate surface area is 119 Å². The highest BCUT2D eigenvalue weighted by atomic mass is 32.2. The van der Waals surface area contributed by atoms with E-state index in [2.05, 4.69) is 13.5 Å². The molecule has 0 saturated heterocycles. The molecular formula is C15H30O3S. The van der Waals surface area contributed by atoms with Crippen molar-refractivity contribution in [2.45, 2.75) is 82.8 Å². The molecule has 0 fully saturated rings. The van der Waals surface area contributed by atoms with Gasteiger partial charge in [-0.3, -0.25) is 4.55 Å². The number of allylic oxidation sites excluding steroid dienone is 1. The maximum atomic E-state index is 11.1. The lowest BCUT2D eigenvalue weighted by Crippen LogP contribution is -2.19. The molecule has 1 unspecified atom stereocenters. The van der Waals surface area contributed by atoms with Gasteiger partial charge in [-0.15, -0.1) is 6.58 Å². The molecule has 1 N–H and O–H groups in total. The van der Waals surface area contributed by atoms with Gasteiger partial charge >= 0.3 is 0 Å². The van der Waals surface area contributed by atoms with Crippen molar-refractivity contribution in [3.05, 3.63) is 12.7 Å². The molecule has 0 aromatic carbocycles. The zero-order valence-electron chi connectivity index (χ0n) is 12.3. The Balaban J connectivity index is 3.53. The van der Waals surface area contributed by atoms with Gasteiger partial charge in [0.25, 0.3) is 10.1 Å². The molecule has 1 atom stereocenters. The van der Waals surface area contributed by atoms with Gasteiger partial charge in [0, 0.05) is 0 Å². The standard InChI is InChI=1S/C15H30O3S/c1-3-5-6-7-8-9-10-11-12-14-15(13-4-2)19(16,17)18/h4,15H,2-3,5-14H2,1H3,(H,16,17,18). The van der Waals surface area contributed by atoms with E-state index in [1.165, 1.54) is 44.9 Å². The van der Waals surface area contributed by atoms with Crippen molar-refractivity contribution < 1.29 is 13.0 Å². The van der Waals surface area contributed by atoms with E-state index >= 15 is 0 Å². The Kier molecular flexibility index (Phi) is 11.3. The molecule has 0 heterocycles. The molecular weight excluding hydrogens is 260 g/mol. The van der Waals surface area contributed by atoms with E-state index in [0.29, 0.717) is 12.8 Å². The summed E-state index contributed by atoms with van der Waals surface area (Å²) in [7, 11) is -3.91. The van der Waals surface area contributed by atoms with Crippen molar-refractivity contribution in [3.8, 4) is 0 Å². The fraction of sp³-hybridized carbons (Fsp3) is 0.867. The third-order valence-corrected chi connectivity index (χ3v) is 4.75. The van der Waals surface area contributed by atoms with Gasteiger partial charge in [-0.05, 0) is 12.8 Å². The highest BCUT2D eigenvalue weighted by Crippen LogP contribution is 2.16. The summed E-state index contributed by atoms with van der Waals surface area (Å²) >= 11 is 0. The number of hydrogen-bond acceptors (Lipinski definition) is 2. The molecule has 0 aliphatic carbocycles. The van der Waals surface area contributed by atoms with Crippen molar-refractivity contribution >= 4 is 10.1 Å². The topological polar surface area (TPSA) is 54.4 Å². The summed E-state index contributed by atoms with van der Waals surface area (Å²) in [5.74, 6) is 0. The first-order chi connectivity index (χ1) is 9.02. The lowest BCUT2D eigenvalue weighted by atomic mass is 10.1. The van der Waals surface area contributed by atoms with E-state index in [-0.39, 0.29) is 0 Å². The summed E-state index contributed by atoms with van der Waals surface area (Å²) in [6, 6.07) is 0. The van der Waals surface area contributed by atoms with E-state index in [1.807, 2.05) is 0 Å². The predicted molar refractivity (Wildman–Crippen MR) is 82.0 cm³/mol. The van der Waals surface area contributed by atoms with Crippen molar-refractivity contribution in [2.75, 3.05) is 0 Å². The van der Waals surface area contributed by atoms with Crippen LogP contribution in [0.5, 0.6) is 0 Å². The molecule has 0 aliphatic heterocycles. The van der Waals surface area contributed by atoms with E-state index < -0.39 is 15.4 Å². The summed E-state index contributed by atoms with van der Waals surface area (Å²) in [4.78, 5) is 0. The fourth-order valence-corrected chi connectivity index (χ4v) is 3.10. The van der Waals surface area contributed by atoms with E-state index in [1.54, 1.807) is 6.08 Å². The Morgan fingerprint density at radius 2 is 1.47 bits per heavy atom. The molecule has 3 nitrogen and oxygen atoms in total.